The Morgan fingerprint density at radius 1 is 1.44 bits per heavy atom. The molecule has 1 unspecified atom stereocenters. The highest BCUT2D eigenvalue weighted by Gasteiger charge is 2.09. The van der Waals surface area contributed by atoms with E-state index in [1.807, 2.05) is 6.92 Å². The summed E-state index contributed by atoms with van der Waals surface area (Å²) in [5.74, 6) is 0.870. The molecule has 0 saturated heterocycles. The highest BCUT2D eigenvalue weighted by molar-refractivity contribution is 7.90. The maximum absolute atomic E-state index is 11.0. The number of hydrogen-bond acceptors (Lipinski definition) is 4. The van der Waals surface area contributed by atoms with Crippen LogP contribution in [0.4, 0.5) is 0 Å². The largest absolute Gasteiger partial charge is 0.385 e. The zero-order valence-electron chi connectivity index (χ0n) is 11.7. The van der Waals surface area contributed by atoms with Crippen LogP contribution < -0.4 is 10.6 Å². The van der Waals surface area contributed by atoms with Gasteiger partial charge in [0.25, 0.3) is 0 Å². The van der Waals surface area contributed by atoms with Gasteiger partial charge in [0.15, 0.2) is 5.96 Å². The number of nitrogens with zero attached hydrogens (tertiary/aromatic N) is 1. The molecule has 18 heavy (non-hydrogen) atoms. The van der Waals surface area contributed by atoms with Gasteiger partial charge >= 0.3 is 0 Å². The second kappa shape index (κ2) is 9.16. The Kier molecular flexibility index (Phi) is 8.74. The minimum Gasteiger partial charge on any atom is -0.385 e. The van der Waals surface area contributed by atoms with Gasteiger partial charge in [-0.2, -0.15) is 0 Å². The van der Waals surface area contributed by atoms with Crippen LogP contribution >= 0.6 is 0 Å². The van der Waals surface area contributed by atoms with Crippen molar-refractivity contribution in [2.75, 3.05) is 39.3 Å². The second-order valence-electron chi connectivity index (χ2n) is 4.31. The molecule has 7 heteroatoms. The van der Waals surface area contributed by atoms with Gasteiger partial charge < -0.3 is 15.4 Å². The Morgan fingerprint density at radius 2 is 2.11 bits per heavy atom. The molecule has 6 nitrogen and oxygen atoms in total. The zero-order valence-corrected chi connectivity index (χ0v) is 12.5. The molecule has 0 aliphatic rings. The van der Waals surface area contributed by atoms with E-state index in [9.17, 15) is 8.42 Å². The Hall–Kier alpha value is -0.820. The lowest BCUT2D eigenvalue weighted by molar-refractivity contribution is 0.195. The molecule has 0 aliphatic heterocycles. The Morgan fingerprint density at radius 3 is 2.61 bits per heavy atom. The number of sulfone groups is 1. The van der Waals surface area contributed by atoms with Crippen molar-refractivity contribution in [2.45, 2.75) is 25.8 Å². The summed E-state index contributed by atoms with van der Waals surface area (Å²) in [5.41, 5.74) is 0. The van der Waals surface area contributed by atoms with E-state index >= 15 is 0 Å². The van der Waals surface area contributed by atoms with Crippen LogP contribution in [0, 0.1) is 0 Å². The van der Waals surface area contributed by atoms with Crippen molar-refractivity contribution in [1.29, 1.82) is 0 Å². The fraction of sp³-hybridized carbons (Fsp3) is 0.909. The van der Waals surface area contributed by atoms with E-state index in [1.165, 1.54) is 6.26 Å². The molecule has 0 saturated carbocycles. The topological polar surface area (TPSA) is 79.8 Å². The molecule has 0 rings (SSSR count). The third kappa shape index (κ3) is 10.3. The van der Waals surface area contributed by atoms with Gasteiger partial charge in [0.05, 0.1) is 5.75 Å². The third-order valence-electron chi connectivity index (χ3n) is 2.35. The first-order valence-electron chi connectivity index (χ1n) is 6.03. The van der Waals surface area contributed by atoms with E-state index in [1.54, 1.807) is 14.2 Å². The lowest BCUT2D eigenvalue weighted by Crippen LogP contribution is -2.43. The number of hydrogen-bond donors (Lipinski definition) is 2. The predicted octanol–water partition coefficient (Wildman–Crippen LogP) is 0.0111. The van der Waals surface area contributed by atoms with Gasteiger partial charge in [0, 0.05) is 39.6 Å². The molecule has 0 aliphatic carbocycles. The number of methoxy groups -OCH3 is 1. The summed E-state index contributed by atoms with van der Waals surface area (Å²) in [5, 5.41) is 6.29. The highest BCUT2D eigenvalue weighted by Crippen LogP contribution is 1.95. The van der Waals surface area contributed by atoms with Crippen LogP contribution in [-0.2, 0) is 14.6 Å². The van der Waals surface area contributed by atoms with Crippen LogP contribution in [0.3, 0.4) is 0 Å². The van der Waals surface area contributed by atoms with Gasteiger partial charge in [-0.15, -0.1) is 0 Å². The molecule has 1 atom stereocenters. The van der Waals surface area contributed by atoms with Crippen molar-refractivity contribution in [2.24, 2.45) is 4.99 Å². The molecule has 0 aromatic rings. The molecule has 0 bridgehead atoms. The van der Waals surface area contributed by atoms with Gasteiger partial charge in [0.2, 0.25) is 0 Å². The van der Waals surface area contributed by atoms with Gasteiger partial charge in [0.1, 0.15) is 9.84 Å². The maximum Gasteiger partial charge on any atom is 0.191 e. The number of ether oxygens (including phenoxy) is 1. The number of guanidine groups is 1. The molecule has 2 N–H and O–H groups in total. The summed E-state index contributed by atoms with van der Waals surface area (Å²) in [4.78, 5) is 4.07. The third-order valence-corrected chi connectivity index (χ3v) is 3.32. The minimum absolute atomic E-state index is 0.0633. The molecule has 0 heterocycles. The van der Waals surface area contributed by atoms with Crippen LogP contribution in [0.15, 0.2) is 4.99 Å². The van der Waals surface area contributed by atoms with Crippen molar-refractivity contribution in [3.05, 3.63) is 0 Å². The van der Waals surface area contributed by atoms with Crippen molar-refractivity contribution in [3.8, 4) is 0 Å². The van der Waals surface area contributed by atoms with E-state index in [0.29, 0.717) is 19.0 Å². The summed E-state index contributed by atoms with van der Waals surface area (Å²) in [6.07, 6.45) is 2.71. The summed E-state index contributed by atoms with van der Waals surface area (Å²) in [6, 6.07) is 0.0633. The molecule has 0 radical (unpaired) electrons. The van der Waals surface area contributed by atoms with E-state index < -0.39 is 9.84 Å². The normalized spacial score (nSPS) is 14.3. The number of aliphatic imine (C=N–C) groups is 1. The summed E-state index contributed by atoms with van der Waals surface area (Å²) in [7, 11) is 0.454. The van der Waals surface area contributed by atoms with Crippen LogP contribution in [-0.4, -0.2) is 59.7 Å². The first kappa shape index (κ1) is 17.2. The summed E-state index contributed by atoms with van der Waals surface area (Å²) < 4.78 is 27.0. The van der Waals surface area contributed by atoms with Crippen LogP contribution in [0.25, 0.3) is 0 Å². The zero-order chi connectivity index (χ0) is 14.0. The Labute approximate surface area is 110 Å². The molecular weight excluding hydrogens is 254 g/mol. The number of nitrogens with one attached hydrogen (secondary N) is 2. The van der Waals surface area contributed by atoms with Crippen LogP contribution in [0.1, 0.15) is 19.8 Å². The van der Waals surface area contributed by atoms with E-state index in [-0.39, 0.29) is 11.8 Å². The van der Waals surface area contributed by atoms with E-state index in [0.717, 1.165) is 13.0 Å². The average Bonchev–Trinajstić information content (AvgIpc) is 2.29. The highest BCUT2D eigenvalue weighted by atomic mass is 32.2. The first-order chi connectivity index (χ1) is 8.39. The standard InChI is InChI=1S/C11H25N3O3S/c1-10(6-9-18(4,15)16)14-11(12-2)13-7-5-8-17-3/h10H,5-9H2,1-4H3,(H2,12,13,14). The smallest absolute Gasteiger partial charge is 0.191 e. The van der Waals surface area contributed by atoms with E-state index in [4.69, 9.17) is 4.74 Å². The molecule has 0 spiro atoms. The molecular formula is C11H25N3O3S. The minimum atomic E-state index is -2.90. The fourth-order valence-electron chi connectivity index (χ4n) is 1.31. The fourth-order valence-corrected chi connectivity index (χ4v) is 2.10. The summed E-state index contributed by atoms with van der Waals surface area (Å²) >= 11 is 0. The monoisotopic (exact) mass is 279 g/mol. The molecule has 0 amide bonds. The van der Waals surface area contributed by atoms with Gasteiger partial charge in [-0.1, -0.05) is 0 Å². The van der Waals surface area contributed by atoms with Crippen molar-refractivity contribution < 1.29 is 13.2 Å². The van der Waals surface area contributed by atoms with Crippen LogP contribution in [0.2, 0.25) is 0 Å². The molecule has 0 aromatic heterocycles. The molecule has 0 aromatic carbocycles. The van der Waals surface area contributed by atoms with Gasteiger partial charge in [-0.3, -0.25) is 4.99 Å². The quantitative estimate of drug-likeness (QED) is 0.372. The van der Waals surface area contributed by atoms with Crippen molar-refractivity contribution in [3.63, 3.8) is 0 Å². The van der Waals surface area contributed by atoms with Crippen LogP contribution in [0.5, 0.6) is 0 Å². The lowest BCUT2D eigenvalue weighted by Gasteiger charge is -2.17. The second-order valence-corrected chi connectivity index (χ2v) is 6.57. The van der Waals surface area contributed by atoms with Crippen molar-refractivity contribution in [1.82, 2.24) is 10.6 Å². The Balaban J connectivity index is 3.91. The lowest BCUT2D eigenvalue weighted by atomic mass is 10.3. The molecule has 0 fully saturated rings. The maximum atomic E-state index is 11.0. The molecule has 108 valence electrons. The van der Waals surface area contributed by atoms with Gasteiger partial charge in [-0.05, 0) is 19.8 Å². The number of rotatable bonds is 8. The Bertz CT molecular complexity index is 341. The van der Waals surface area contributed by atoms with E-state index in [2.05, 4.69) is 15.6 Å². The average molecular weight is 279 g/mol. The first-order valence-corrected chi connectivity index (χ1v) is 8.09. The van der Waals surface area contributed by atoms with Crippen molar-refractivity contribution >= 4 is 15.8 Å². The van der Waals surface area contributed by atoms with Gasteiger partial charge in [-0.25, -0.2) is 8.42 Å². The summed E-state index contributed by atoms with van der Waals surface area (Å²) in [6.45, 7) is 3.41. The predicted molar refractivity (Wildman–Crippen MR) is 74.8 cm³/mol. The SMILES string of the molecule is CN=C(NCCCOC)NC(C)CCS(C)(=O)=O.